The first-order chi connectivity index (χ1) is 11.7. The number of carbonyl (C=O) groups excluding carboxylic acids is 1. The molecule has 1 unspecified atom stereocenters. The van der Waals surface area contributed by atoms with Gasteiger partial charge in [0, 0.05) is 49.0 Å². The van der Waals surface area contributed by atoms with Crippen molar-refractivity contribution in [2.45, 2.75) is 18.9 Å². The summed E-state index contributed by atoms with van der Waals surface area (Å²) in [5.41, 5.74) is 1.49. The minimum absolute atomic E-state index is 0.0530. The van der Waals surface area contributed by atoms with Gasteiger partial charge >= 0.3 is 0 Å². The van der Waals surface area contributed by atoms with Gasteiger partial charge in [-0.25, -0.2) is 9.37 Å². The van der Waals surface area contributed by atoms with Gasteiger partial charge in [0.05, 0.1) is 5.69 Å². The highest BCUT2D eigenvalue weighted by Gasteiger charge is 2.16. The molecule has 1 fully saturated rings. The van der Waals surface area contributed by atoms with Gasteiger partial charge in [0.15, 0.2) is 0 Å². The molecule has 0 radical (unpaired) electrons. The van der Waals surface area contributed by atoms with Crippen LogP contribution in [-0.4, -0.2) is 41.5 Å². The van der Waals surface area contributed by atoms with E-state index >= 15 is 0 Å². The first kappa shape index (κ1) is 17.0. The Morgan fingerprint density at radius 3 is 3.00 bits per heavy atom. The second kappa shape index (κ2) is 8.30. The minimum Gasteiger partial charge on any atom is -0.444 e. The number of benzene rings is 1. The van der Waals surface area contributed by atoms with E-state index in [1.165, 1.54) is 12.1 Å². The van der Waals surface area contributed by atoms with Gasteiger partial charge in [-0.05, 0) is 24.3 Å². The van der Waals surface area contributed by atoms with Crippen LogP contribution in [0.1, 0.15) is 12.1 Å². The van der Waals surface area contributed by atoms with Crippen LogP contribution in [-0.2, 0) is 11.2 Å². The number of thioether (sulfide) groups is 1. The Morgan fingerprint density at radius 1 is 1.42 bits per heavy atom. The normalized spacial score (nSPS) is 17.6. The van der Waals surface area contributed by atoms with Crippen LogP contribution in [0.4, 0.5) is 4.39 Å². The summed E-state index contributed by atoms with van der Waals surface area (Å²) >= 11 is 1.88. The summed E-state index contributed by atoms with van der Waals surface area (Å²) in [5.74, 6) is 2.31. The van der Waals surface area contributed by atoms with Crippen molar-refractivity contribution >= 4 is 17.7 Å². The van der Waals surface area contributed by atoms with Crippen LogP contribution in [0.15, 0.2) is 34.9 Å². The second-order valence-corrected chi connectivity index (χ2v) is 6.83. The largest absolute Gasteiger partial charge is 0.444 e. The van der Waals surface area contributed by atoms with Crippen molar-refractivity contribution in [1.29, 1.82) is 0 Å². The van der Waals surface area contributed by atoms with Crippen LogP contribution < -0.4 is 10.6 Å². The Balaban J connectivity index is 1.43. The molecule has 1 amide bonds. The van der Waals surface area contributed by atoms with Gasteiger partial charge in [0.2, 0.25) is 11.8 Å². The fourth-order valence-electron chi connectivity index (χ4n) is 2.52. The van der Waals surface area contributed by atoms with Crippen molar-refractivity contribution in [3.05, 3.63) is 42.0 Å². The molecule has 5 nitrogen and oxygen atoms in total. The number of hydrogen-bond acceptors (Lipinski definition) is 5. The zero-order chi connectivity index (χ0) is 16.8. The van der Waals surface area contributed by atoms with E-state index in [1.807, 2.05) is 11.8 Å². The maximum Gasteiger partial charge on any atom is 0.226 e. The van der Waals surface area contributed by atoms with Crippen molar-refractivity contribution in [1.82, 2.24) is 15.6 Å². The molecule has 1 saturated heterocycles. The molecule has 1 aromatic carbocycles. The van der Waals surface area contributed by atoms with Gasteiger partial charge in [-0.1, -0.05) is 0 Å². The molecule has 0 saturated carbocycles. The van der Waals surface area contributed by atoms with Crippen LogP contribution in [0.3, 0.4) is 0 Å². The third-order valence-corrected chi connectivity index (χ3v) is 4.91. The lowest BCUT2D eigenvalue weighted by Gasteiger charge is -2.22. The van der Waals surface area contributed by atoms with Crippen LogP contribution in [0.5, 0.6) is 0 Å². The molecule has 0 bridgehead atoms. The van der Waals surface area contributed by atoms with E-state index in [0.717, 1.165) is 29.3 Å². The Kier molecular flexibility index (Phi) is 5.87. The molecular formula is C17H20FN3O2S. The maximum atomic E-state index is 12.9. The van der Waals surface area contributed by atoms with E-state index in [-0.39, 0.29) is 17.8 Å². The average molecular weight is 349 g/mol. The highest BCUT2D eigenvalue weighted by molar-refractivity contribution is 7.99. The summed E-state index contributed by atoms with van der Waals surface area (Å²) in [5, 5.41) is 6.26. The molecule has 2 heterocycles. The summed E-state index contributed by atoms with van der Waals surface area (Å²) in [6, 6.07) is 6.26. The number of aromatic nitrogens is 1. The first-order valence-electron chi connectivity index (χ1n) is 7.99. The molecule has 7 heteroatoms. The lowest BCUT2D eigenvalue weighted by atomic mass is 10.2. The van der Waals surface area contributed by atoms with Gasteiger partial charge < -0.3 is 15.1 Å². The average Bonchev–Trinajstić information content (AvgIpc) is 3.05. The molecule has 0 aliphatic carbocycles. The predicted octanol–water partition coefficient (Wildman–Crippen LogP) is 2.23. The summed E-state index contributed by atoms with van der Waals surface area (Å²) in [6.07, 6.45) is 2.68. The number of carbonyl (C=O) groups is 1. The molecule has 0 spiro atoms. The SMILES string of the molecule is O=C(CC1CSCCN1)NCCc1coc(-c2ccc(F)cc2)n1. The van der Waals surface area contributed by atoms with E-state index in [0.29, 0.717) is 25.3 Å². The zero-order valence-corrected chi connectivity index (χ0v) is 14.1. The topological polar surface area (TPSA) is 67.2 Å². The van der Waals surface area contributed by atoms with Crippen molar-refractivity contribution in [2.75, 3.05) is 24.6 Å². The van der Waals surface area contributed by atoms with E-state index in [2.05, 4.69) is 15.6 Å². The number of hydrogen-bond donors (Lipinski definition) is 2. The third kappa shape index (κ3) is 4.82. The lowest BCUT2D eigenvalue weighted by molar-refractivity contribution is -0.121. The summed E-state index contributed by atoms with van der Waals surface area (Å²) in [6.45, 7) is 1.49. The van der Waals surface area contributed by atoms with E-state index < -0.39 is 0 Å². The van der Waals surface area contributed by atoms with Crippen LogP contribution >= 0.6 is 11.8 Å². The van der Waals surface area contributed by atoms with Gasteiger partial charge in [-0.15, -0.1) is 0 Å². The molecule has 2 N–H and O–H groups in total. The van der Waals surface area contributed by atoms with Crippen molar-refractivity contribution in [3.63, 3.8) is 0 Å². The van der Waals surface area contributed by atoms with Gasteiger partial charge in [0.25, 0.3) is 0 Å². The van der Waals surface area contributed by atoms with E-state index in [9.17, 15) is 9.18 Å². The Hall–Kier alpha value is -1.86. The van der Waals surface area contributed by atoms with Gasteiger partial charge in [-0.2, -0.15) is 11.8 Å². The molecule has 1 aliphatic rings. The molecule has 2 aromatic rings. The first-order valence-corrected chi connectivity index (χ1v) is 9.14. The third-order valence-electron chi connectivity index (χ3n) is 3.78. The monoisotopic (exact) mass is 349 g/mol. The number of nitrogens with zero attached hydrogens (tertiary/aromatic N) is 1. The smallest absolute Gasteiger partial charge is 0.226 e. The minimum atomic E-state index is -0.293. The van der Waals surface area contributed by atoms with Crippen LogP contribution in [0.25, 0.3) is 11.5 Å². The number of nitrogens with one attached hydrogen (secondary N) is 2. The fraction of sp³-hybridized carbons (Fsp3) is 0.412. The van der Waals surface area contributed by atoms with Crippen molar-refractivity contribution in [3.8, 4) is 11.5 Å². The molecule has 1 aliphatic heterocycles. The highest BCUT2D eigenvalue weighted by atomic mass is 32.2. The highest BCUT2D eigenvalue weighted by Crippen LogP contribution is 2.19. The summed E-state index contributed by atoms with van der Waals surface area (Å²) in [4.78, 5) is 16.3. The fourth-order valence-corrected chi connectivity index (χ4v) is 3.47. The Morgan fingerprint density at radius 2 is 2.25 bits per heavy atom. The molecule has 24 heavy (non-hydrogen) atoms. The molecule has 128 valence electrons. The molecule has 1 aromatic heterocycles. The second-order valence-electron chi connectivity index (χ2n) is 5.68. The maximum absolute atomic E-state index is 12.9. The van der Waals surface area contributed by atoms with Crippen LogP contribution in [0, 0.1) is 5.82 Å². The van der Waals surface area contributed by atoms with Crippen LogP contribution in [0.2, 0.25) is 0 Å². The van der Waals surface area contributed by atoms with E-state index in [4.69, 9.17) is 4.42 Å². The van der Waals surface area contributed by atoms with Crippen molar-refractivity contribution < 1.29 is 13.6 Å². The Bertz CT molecular complexity index is 669. The number of rotatable bonds is 6. The van der Waals surface area contributed by atoms with Gasteiger partial charge in [0.1, 0.15) is 12.1 Å². The summed E-state index contributed by atoms with van der Waals surface area (Å²) < 4.78 is 18.3. The predicted molar refractivity (Wildman–Crippen MR) is 92.3 cm³/mol. The quantitative estimate of drug-likeness (QED) is 0.837. The van der Waals surface area contributed by atoms with Crippen molar-refractivity contribution in [2.24, 2.45) is 0 Å². The molecule has 3 rings (SSSR count). The molecular weight excluding hydrogens is 329 g/mol. The lowest BCUT2D eigenvalue weighted by Crippen LogP contribution is -2.41. The number of oxazole rings is 1. The molecule has 1 atom stereocenters. The van der Waals surface area contributed by atoms with Gasteiger partial charge in [-0.3, -0.25) is 4.79 Å². The Labute approximate surface area is 144 Å². The number of halogens is 1. The standard InChI is InChI=1S/C17H20FN3O2S/c18-13-3-1-12(2-4-13)17-21-14(10-23-17)5-6-20-16(22)9-15-11-24-8-7-19-15/h1-4,10,15,19H,5-9,11H2,(H,20,22). The zero-order valence-electron chi connectivity index (χ0n) is 13.3. The van der Waals surface area contributed by atoms with E-state index in [1.54, 1.807) is 18.4 Å². The number of amides is 1. The summed E-state index contributed by atoms with van der Waals surface area (Å²) in [7, 11) is 0.